The van der Waals surface area contributed by atoms with Crippen molar-refractivity contribution < 1.29 is 0 Å². The van der Waals surface area contributed by atoms with Crippen LogP contribution in [0.2, 0.25) is 0 Å². The first-order valence-corrected chi connectivity index (χ1v) is 8.69. The fraction of sp³-hybridized carbons (Fsp3) is 0.722. The van der Waals surface area contributed by atoms with E-state index in [9.17, 15) is 0 Å². The summed E-state index contributed by atoms with van der Waals surface area (Å²) in [4.78, 5) is 9.56. The Bertz CT molecular complexity index is 406. The van der Waals surface area contributed by atoms with Crippen molar-refractivity contribution in [1.82, 2.24) is 9.88 Å². The summed E-state index contributed by atoms with van der Waals surface area (Å²) in [5.74, 6) is 2.09. The van der Waals surface area contributed by atoms with Gasteiger partial charge in [0.1, 0.15) is 5.82 Å². The standard InChI is InChI=1S/C18H29N3/c1-20(18-9-5-6-12-19-18)17-10-13-21(14-11-17)15-16-7-3-2-4-8-16/h5-6,9,12,16-17H,2-4,7-8,10-11,13-15H2,1H3. The zero-order valence-corrected chi connectivity index (χ0v) is 13.4. The average molecular weight is 287 g/mol. The monoisotopic (exact) mass is 287 g/mol. The summed E-state index contributed by atoms with van der Waals surface area (Å²) in [5, 5.41) is 0. The predicted octanol–water partition coefficient (Wildman–Crippen LogP) is 3.56. The molecule has 1 aliphatic carbocycles. The highest BCUT2D eigenvalue weighted by atomic mass is 15.2. The molecule has 0 atom stereocenters. The summed E-state index contributed by atoms with van der Waals surface area (Å²) >= 11 is 0. The van der Waals surface area contributed by atoms with Crippen molar-refractivity contribution in [3.63, 3.8) is 0 Å². The van der Waals surface area contributed by atoms with Crippen molar-refractivity contribution >= 4 is 5.82 Å². The first kappa shape index (κ1) is 14.8. The molecule has 0 unspecified atom stereocenters. The largest absolute Gasteiger partial charge is 0.357 e. The first-order valence-electron chi connectivity index (χ1n) is 8.69. The van der Waals surface area contributed by atoms with Gasteiger partial charge in [0.25, 0.3) is 0 Å². The number of hydrogen-bond donors (Lipinski definition) is 0. The van der Waals surface area contributed by atoms with Crippen LogP contribution in [0, 0.1) is 5.92 Å². The van der Waals surface area contributed by atoms with Gasteiger partial charge in [0, 0.05) is 38.9 Å². The van der Waals surface area contributed by atoms with Crippen LogP contribution in [0.25, 0.3) is 0 Å². The predicted molar refractivity (Wildman–Crippen MR) is 88.7 cm³/mol. The highest BCUT2D eigenvalue weighted by Crippen LogP contribution is 2.26. The highest BCUT2D eigenvalue weighted by Gasteiger charge is 2.25. The molecule has 0 radical (unpaired) electrons. The van der Waals surface area contributed by atoms with Gasteiger partial charge in [-0.2, -0.15) is 0 Å². The van der Waals surface area contributed by atoms with E-state index in [4.69, 9.17) is 0 Å². The molecule has 2 aliphatic rings. The van der Waals surface area contributed by atoms with Crippen molar-refractivity contribution in [1.29, 1.82) is 0 Å². The van der Waals surface area contributed by atoms with E-state index in [1.807, 2.05) is 12.3 Å². The van der Waals surface area contributed by atoms with Crippen LogP contribution >= 0.6 is 0 Å². The third-order valence-electron chi connectivity index (χ3n) is 5.36. The molecule has 0 N–H and O–H groups in total. The average Bonchev–Trinajstić information content (AvgIpc) is 2.57. The molecule has 0 amide bonds. The van der Waals surface area contributed by atoms with Crippen LogP contribution in [-0.2, 0) is 0 Å². The summed E-state index contributed by atoms with van der Waals surface area (Å²) in [6, 6.07) is 6.85. The maximum Gasteiger partial charge on any atom is 0.128 e. The quantitative estimate of drug-likeness (QED) is 0.844. The summed E-state index contributed by atoms with van der Waals surface area (Å²) in [7, 11) is 2.20. The third kappa shape index (κ3) is 3.97. The molecule has 0 spiro atoms. The molecule has 0 aromatic carbocycles. The Labute approximate surface area is 129 Å². The topological polar surface area (TPSA) is 19.4 Å². The van der Waals surface area contributed by atoms with E-state index in [0.717, 1.165) is 11.7 Å². The second-order valence-electron chi connectivity index (χ2n) is 6.83. The molecule has 1 aromatic heterocycles. The number of aromatic nitrogens is 1. The first-order chi connectivity index (χ1) is 10.3. The summed E-state index contributed by atoms with van der Waals surface area (Å²) in [6.45, 7) is 3.87. The van der Waals surface area contributed by atoms with Gasteiger partial charge in [-0.1, -0.05) is 25.3 Å². The number of pyridine rings is 1. The normalized spacial score (nSPS) is 22.3. The molecule has 116 valence electrons. The Morgan fingerprint density at radius 2 is 1.86 bits per heavy atom. The molecule has 1 aromatic rings. The van der Waals surface area contributed by atoms with Gasteiger partial charge in [-0.25, -0.2) is 4.98 Å². The molecule has 1 aliphatic heterocycles. The number of piperidine rings is 1. The van der Waals surface area contributed by atoms with E-state index in [1.54, 1.807) is 0 Å². The minimum atomic E-state index is 0.655. The van der Waals surface area contributed by atoms with Crippen LogP contribution in [0.1, 0.15) is 44.9 Å². The van der Waals surface area contributed by atoms with Gasteiger partial charge in [-0.3, -0.25) is 0 Å². The number of anilines is 1. The number of likely N-dealkylation sites (tertiary alicyclic amines) is 1. The molecule has 2 fully saturated rings. The van der Waals surface area contributed by atoms with Crippen LogP contribution in [-0.4, -0.2) is 42.6 Å². The molecule has 1 saturated heterocycles. The minimum Gasteiger partial charge on any atom is -0.357 e. The Morgan fingerprint density at radius 3 is 2.52 bits per heavy atom. The third-order valence-corrected chi connectivity index (χ3v) is 5.36. The van der Waals surface area contributed by atoms with Crippen LogP contribution in [0.5, 0.6) is 0 Å². The van der Waals surface area contributed by atoms with Gasteiger partial charge in [0.2, 0.25) is 0 Å². The lowest BCUT2D eigenvalue weighted by atomic mass is 9.88. The van der Waals surface area contributed by atoms with E-state index in [-0.39, 0.29) is 0 Å². The van der Waals surface area contributed by atoms with Gasteiger partial charge in [0.05, 0.1) is 0 Å². The van der Waals surface area contributed by atoms with Crippen LogP contribution in [0.4, 0.5) is 5.82 Å². The lowest BCUT2D eigenvalue weighted by molar-refractivity contribution is 0.163. The molecule has 3 nitrogen and oxygen atoms in total. The fourth-order valence-electron chi connectivity index (χ4n) is 3.97. The molecule has 3 heteroatoms. The van der Waals surface area contributed by atoms with Gasteiger partial charge in [-0.05, 0) is 43.7 Å². The lowest BCUT2D eigenvalue weighted by Crippen LogP contribution is -2.45. The Morgan fingerprint density at radius 1 is 1.10 bits per heavy atom. The lowest BCUT2D eigenvalue weighted by Gasteiger charge is -2.39. The zero-order valence-electron chi connectivity index (χ0n) is 13.4. The molecular weight excluding hydrogens is 258 g/mol. The van der Waals surface area contributed by atoms with Gasteiger partial charge in [-0.15, -0.1) is 0 Å². The highest BCUT2D eigenvalue weighted by molar-refractivity contribution is 5.37. The van der Waals surface area contributed by atoms with E-state index in [1.165, 1.54) is 64.6 Å². The Hall–Kier alpha value is -1.09. The smallest absolute Gasteiger partial charge is 0.128 e. The van der Waals surface area contributed by atoms with Gasteiger partial charge < -0.3 is 9.80 Å². The van der Waals surface area contributed by atoms with Crippen molar-refractivity contribution in [3.05, 3.63) is 24.4 Å². The molecule has 3 rings (SSSR count). The second-order valence-corrected chi connectivity index (χ2v) is 6.83. The molecule has 0 bridgehead atoms. The van der Waals surface area contributed by atoms with E-state index in [2.05, 4.69) is 34.0 Å². The maximum absolute atomic E-state index is 4.48. The number of hydrogen-bond acceptors (Lipinski definition) is 3. The van der Waals surface area contributed by atoms with Crippen molar-refractivity contribution in [2.24, 2.45) is 5.92 Å². The molecule has 1 saturated carbocycles. The van der Waals surface area contributed by atoms with E-state index in [0.29, 0.717) is 6.04 Å². The maximum atomic E-state index is 4.48. The van der Waals surface area contributed by atoms with Crippen LogP contribution in [0.15, 0.2) is 24.4 Å². The number of nitrogens with zero attached hydrogens (tertiary/aromatic N) is 3. The summed E-state index contributed by atoms with van der Waals surface area (Å²) in [5.41, 5.74) is 0. The molecular formula is C18H29N3. The van der Waals surface area contributed by atoms with Gasteiger partial charge >= 0.3 is 0 Å². The van der Waals surface area contributed by atoms with Crippen molar-refractivity contribution in [2.45, 2.75) is 51.0 Å². The zero-order chi connectivity index (χ0) is 14.5. The summed E-state index contributed by atoms with van der Waals surface area (Å²) < 4.78 is 0. The second kappa shape index (κ2) is 7.26. The fourth-order valence-corrected chi connectivity index (χ4v) is 3.97. The Balaban J connectivity index is 1.46. The summed E-state index contributed by atoms with van der Waals surface area (Å²) in [6.07, 6.45) is 11.8. The van der Waals surface area contributed by atoms with E-state index >= 15 is 0 Å². The van der Waals surface area contributed by atoms with Crippen molar-refractivity contribution in [3.8, 4) is 0 Å². The minimum absolute atomic E-state index is 0.655. The molecule has 21 heavy (non-hydrogen) atoms. The molecule has 2 heterocycles. The SMILES string of the molecule is CN(c1ccccn1)C1CCN(CC2CCCCC2)CC1. The van der Waals surface area contributed by atoms with E-state index < -0.39 is 0 Å². The van der Waals surface area contributed by atoms with Crippen LogP contribution in [0.3, 0.4) is 0 Å². The number of rotatable bonds is 4. The van der Waals surface area contributed by atoms with Crippen molar-refractivity contribution in [2.75, 3.05) is 31.6 Å². The van der Waals surface area contributed by atoms with Gasteiger partial charge in [0.15, 0.2) is 0 Å². The Kier molecular flexibility index (Phi) is 5.13. The van der Waals surface area contributed by atoms with Crippen LogP contribution < -0.4 is 4.90 Å².